The molecular weight excluding hydrogens is 594 g/mol. The van der Waals surface area contributed by atoms with Crippen LogP contribution in [0.3, 0.4) is 0 Å². The summed E-state index contributed by atoms with van der Waals surface area (Å²) in [6.45, 7) is 5.18. The molecule has 226 valence electrons. The Labute approximate surface area is 247 Å². The Bertz CT molecular complexity index is 1590. The molecule has 0 radical (unpaired) electrons. The first kappa shape index (κ1) is 32.8. The third kappa shape index (κ3) is 10.3. The number of nitro groups is 1. The van der Waals surface area contributed by atoms with Crippen LogP contribution >= 0.6 is 11.6 Å². The Kier molecular flexibility index (Phi) is 10.9. The predicted molar refractivity (Wildman–Crippen MR) is 155 cm³/mol. The maximum absolute atomic E-state index is 14.3. The third-order valence-electron chi connectivity index (χ3n) is 5.62. The fourth-order valence-corrected chi connectivity index (χ4v) is 5.33. The van der Waals surface area contributed by atoms with Crippen LogP contribution in [-0.4, -0.2) is 43.7 Å². The summed E-state index contributed by atoms with van der Waals surface area (Å²) in [5.41, 5.74) is 0.236. The molecule has 42 heavy (non-hydrogen) atoms. The molecule has 0 saturated carbocycles. The van der Waals surface area contributed by atoms with Gasteiger partial charge in [-0.1, -0.05) is 6.07 Å². The molecule has 0 aliphatic rings. The molecule has 3 aromatic rings. The summed E-state index contributed by atoms with van der Waals surface area (Å²) in [6.07, 6.45) is 3.61. The van der Waals surface area contributed by atoms with Crippen molar-refractivity contribution in [3.05, 3.63) is 80.8 Å². The van der Waals surface area contributed by atoms with E-state index in [2.05, 4.69) is 14.3 Å². The summed E-state index contributed by atoms with van der Waals surface area (Å²) in [7, 11) is -3.06. The normalized spacial score (nSPS) is 12.8. The Morgan fingerprint density at radius 3 is 2.52 bits per heavy atom. The van der Waals surface area contributed by atoms with Crippen LogP contribution in [0.25, 0.3) is 11.3 Å². The highest BCUT2D eigenvalue weighted by Crippen LogP contribution is 2.32. The highest BCUT2D eigenvalue weighted by Gasteiger charge is 2.19. The van der Waals surface area contributed by atoms with Crippen molar-refractivity contribution in [3.8, 4) is 17.0 Å². The fourth-order valence-electron chi connectivity index (χ4n) is 3.99. The van der Waals surface area contributed by atoms with Crippen LogP contribution in [0.5, 0.6) is 5.75 Å². The highest BCUT2D eigenvalue weighted by atomic mass is 35.5. The van der Waals surface area contributed by atoms with Crippen LogP contribution in [0.4, 0.5) is 19.3 Å². The molecule has 0 bridgehead atoms. The molecule has 1 aromatic heterocycles. The van der Waals surface area contributed by atoms with E-state index in [0.717, 1.165) is 18.3 Å². The maximum atomic E-state index is 14.3. The van der Waals surface area contributed by atoms with Gasteiger partial charge >= 0.3 is 6.09 Å². The number of nitro benzene ring substituents is 1. The summed E-state index contributed by atoms with van der Waals surface area (Å²) < 4.78 is 55.6. The molecule has 14 heteroatoms. The van der Waals surface area contributed by atoms with E-state index in [1.165, 1.54) is 24.5 Å². The standard InChI is InChI=1S/C28H31ClF2N4O6S/c1-28(2,3)41-27(36)34-42(4,39)17-19-12-18(13-21(14-19)35(37)38)8-6-5-7-11-40-24-15-20(30)9-10-22(24)25-23(31)16-32-26(29)33-25/h9-10,12-16H,5-8,11,17H2,1-4H3. The molecule has 0 fully saturated rings. The molecule has 10 nitrogen and oxygen atoms in total. The number of halogens is 3. The molecule has 2 aromatic carbocycles. The molecule has 1 unspecified atom stereocenters. The SMILES string of the molecule is CC(C)(C)OC(=O)N=S(C)(=O)Cc1cc(CCCCCOc2cc(F)ccc2-c2nc(Cl)ncc2F)cc([N+](=O)[O-])c1. The highest BCUT2D eigenvalue weighted by molar-refractivity contribution is 7.92. The zero-order valence-corrected chi connectivity index (χ0v) is 25.1. The first-order chi connectivity index (χ1) is 19.6. The van der Waals surface area contributed by atoms with E-state index in [1.54, 1.807) is 26.8 Å². The Morgan fingerprint density at radius 1 is 1.12 bits per heavy atom. The van der Waals surface area contributed by atoms with Gasteiger partial charge in [0.1, 0.15) is 22.9 Å². The van der Waals surface area contributed by atoms with Gasteiger partial charge in [-0.05, 0) is 81.3 Å². The van der Waals surface area contributed by atoms with Crippen molar-refractivity contribution in [1.29, 1.82) is 0 Å². The van der Waals surface area contributed by atoms with Crippen molar-refractivity contribution >= 4 is 33.1 Å². The van der Waals surface area contributed by atoms with E-state index >= 15 is 0 Å². The summed E-state index contributed by atoms with van der Waals surface area (Å²) in [6, 6.07) is 8.11. The number of amides is 1. The predicted octanol–water partition coefficient (Wildman–Crippen LogP) is 7.31. The lowest BCUT2D eigenvalue weighted by molar-refractivity contribution is -0.385. The number of benzene rings is 2. The summed E-state index contributed by atoms with van der Waals surface area (Å²) in [5.74, 6) is -1.36. The quantitative estimate of drug-likeness (QED) is 0.0938. The number of nitrogens with zero attached hydrogens (tertiary/aromatic N) is 4. The molecule has 0 saturated heterocycles. The largest absolute Gasteiger partial charge is 0.493 e. The van der Waals surface area contributed by atoms with Gasteiger partial charge in [-0.25, -0.2) is 27.8 Å². The Morgan fingerprint density at radius 2 is 1.83 bits per heavy atom. The Balaban J connectivity index is 1.62. The first-order valence-electron chi connectivity index (χ1n) is 12.9. The minimum Gasteiger partial charge on any atom is -0.493 e. The average molecular weight is 625 g/mol. The zero-order valence-electron chi connectivity index (χ0n) is 23.6. The van der Waals surface area contributed by atoms with Gasteiger partial charge in [0.25, 0.3) is 5.69 Å². The van der Waals surface area contributed by atoms with Crippen LogP contribution in [0, 0.1) is 21.7 Å². The van der Waals surface area contributed by atoms with Gasteiger partial charge in [0.2, 0.25) is 5.28 Å². The number of rotatable bonds is 11. The fraction of sp³-hybridized carbons (Fsp3) is 0.393. The van der Waals surface area contributed by atoms with Crippen LogP contribution in [-0.2, 0) is 26.6 Å². The smallest absolute Gasteiger partial charge is 0.442 e. The summed E-state index contributed by atoms with van der Waals surface area (Å²) >= 11 is 5.79. The van der Waals surface area contributed by atoms with E-state index in [-0.39, 0.29) is 40.3 Å². The lowest BCUT2D eigenvalue weighted by Gasteiger charge is -2.17. The van der Waals surface area contributed by atoms with Crippen molar-refractivity contribution < 1.29 is 32.2 Å². The second-order valence-electron chi connectivity index (χ2n) is 10.6. The first-order valence-corrected chi connectivity index (χ1v) is 15.4. The summed E-state index contributed by atoms with van der Waals surface area (Å²) in [4.78, 5) is 30.5. The molecule has 0 N–H and O–H groups in total. The Hall–Kier alpha value is -3.71. The van der Waals surface area contributed by atoms with E-state index in [0.29, 0.717) is 36.8 Å². The second-order valence-corrected chi connectivity index (χ2v) is 13.3. The van der Waals surface area contributed by atoms with Crippen molar-refractivity contribution in [2.24, 2.45) is 4.36 Å². The number of aromatic nitrogens is 2. The minimum absolute atomic E-state index is 0.104. The second kappa shape index (κ2) is 14.0. The third-order valence-corrected chi connectivity index (χ3v) is 7.21. The summed E-state index contributed by atoms with van der Waals surface area (Å²) in [5, 5.41) is 11.3. The molecule has 0 spiro atoms. The van der Waals surface area contributed by atoms with Crippen molar-refractivity contribution in [3.63, 3.8) is 0 Å². The number of ether oxygens (including phenoxy) is 2. The van der Waals surface area contributed by atoms with Gasteiger partial charge in [-0.3, -0.25) is 10.1 Å². The van der Waals surface area contributed by atoms with Crippen LogP contribution in [0.2, 0.25) is 5.28 Å². The van der Waals surface area contributed by atoms with Crippen LogP contribution in [0.15, 0.2) is 47.0 Å². The van der Waals surface area contributed by atoms with E-state index in [4.69, 9.17) is 21.1 Å². The number of hydrogen-bond acceptors (Lipinski definition) is 8. The molecule has 0 aliphatic carbocycles. The number of carbonyl (C=O) groups is 1. The van der Waals surface area contributed by atoms with E-state index in [1.807, 2.05) is 0 Å². The topological polar surface area (TPSA) is 134 Å². The molecule has 1 amide bonds. The van der Waals surface area contributed by atoms with Gasteiger partial charge < -0.3 is 9.47 Å². The van der Waals surface area contributed by atoms with Gasteiger partial charge in [0.15, 0.2) is 5.82 Å². The van der Waals surface area contributed by atoms with Crippen molar-refractivity contribution in [1.82, 2.24) is 9.97 Å². The molecular formula is C28H31ClF2N4O6S. The van der Waals surface area contributed by atoms with Gasteiger partial charge in [0, 0.05) is 30.0 Å². The van der Waals surface area contributed by atoms with Gasteiger partial charge in [0.05, 0.1) is 33.2 Å². The lowest BCUT2D eigenvalue weighted by atomic mass is 10.0. The monoisotopic (exact) mass is 624 g/mol. The lowest BCUT2D eigenvalue weighted by Crippen LogP contribution is -2.22. The number of non-ortho nitro benzene ring substituents is 1. The average Bonchev–Trinajstić information content (AvgIpc) is 2.85. The number of carbonyl (C=O) groups excluding carboxylic acids is 1. The maximum Gasteiger partial charge on any atom is 0.442 e. The number of unbranched alkanes of at least 4 members (excludes halogenated alkanes) is 2. The van der Waals surface area contributed by atoms with Gasteiger partial charge in [-0.15, -0.1) is 4.36 Å². The minimum atomic E-state index is -3.06. The molecule has 0 aliphatic heterocycles. The van der Waals surface area contributed by atoms with Crippen LogP contribution < -0.4 is 4.74 Å². The zero-order chi connectivity index (χ0) is 31.1. The molecule has 1 heterocycles. The van der Waals surface area contributed by atoms with Crippen molar-refractivity contribution in [2.45, 2.75) is 57.8 Å². The number of hydrogen-bond donors (Lipinski definition) is 0. The van der Waals surface area contributed by atoms with E-state index < -0.39 is 38.0 Å². The molecule has 3 rings (SSSR count). The van der Waals surface area contributed by atoms with E-state index in [9.17, 15) is 27.9 Å². The number of aryl methyl sites for hydroxylation is 1. The van der Waals surface area contributed by atoms with Gasteiger partial charge in [-0.2, -0.15) is 0 Å². The molecule has 1 atom stereocenters. The van der Waals surface area contributed by atoms with Crippen LogP contribution in [0.1, 0.15) is 51.2 Å². The van der Waals surface area contributed by atoms with Crippen molar-refractivity contribution in [2.75, 3.05) is 12.9 Å².